The summed E-state index contributed by atoms with van der Waals surface area (Å²) in [5.74, 6) is 1.29. The number of aromatic nitrogens is 6. The largest absolute Gasteiger partial charge is 0.339 e. The minimum atomic E-state index is -0.0908. The molecule has 0 radical (unpaired) electrons. The summed E-state index contributed by atoms with van der Waals surface area (Å²) in [6.07, 6.45) is 3.10. The van der Waals surface area contributed by atoms with E-state index in [0.29, 0.717) is 23.5 Å². The lowest BCUT2D eigenvalue weighted by atomic mass is 10.4. The quantitative estimate of drug-likeness (QED) is 0.739. The van der Waals surface area contributed by atoms with Gasteiger partial charge in [-0.05, 0) is 6.42 Å². The van der Waals surface area contributed by atoms with Crippen molar-refractivity contribution in [1.82, 2.24) is 29.1 Å². The number of hydrogen-bond donors (Lipinski definition) is 1. The van der Waals surface area contributed by atoms with Crippen LogP contribution in [0, 0.1) is 0 Å². The zero-order valence-electron chi connectivity index (χ0n) is 10.3. The van der Waals surface area contributed by atoms with Crippen molar-refractivity contribution in [2.45, 2.75) is 33.2 Å². The van der Waals surface area contributed by atoms with E-state index in [1.54, 1.807) is 9.08 Å². The number of imidazole rings is 1. The van der Waals surface area contributed by atoms with Crippen LogP contribution in [0.4, 0.5) is 0 Å². The van der Waals surface area contributed by atoms with Gasteiger partial charge in [0.05, 0.1) is 6.33 Å². The summed E-state index contributed by atoms with van der Waals surface area (Å²) < 4.78 is 3.29. The van der Waals surface area contributed by atoms with Gasteiger partial charge in [-0.2, -0.15) is 9.50 Å². The van der Waals surface area contributed by atoms with Gasteiger partial charge in [0.25, 0.3) is 5.56 Å². The maximum Gasteiger partial charge on any atom is 0.281 e. The third-order valence-electron chi connectivity index (χ3n) is 2.92. The van der Waals surface area contributed by atoms with Gasteiger partial charge < -0.3 is 4.98 Å². The van der Waals surface area contributed by atoms with Crippen LogP contribution in [0.25, 0.3) is 16.9 Å². The van der Waals surface area contributed by atoms with E-state index in [9.17, 15) is 4.79 Å². The van der Waals surface area contributed by atoms with Crippen molar-refractivity contribution in [2.75, 3.05) is 0 Å². The first kappa shape index (κ1) is 10.9. The number of nitrogens with zero attached hydrogens (tertiary/aromatic N) is 5. The molecule has 0 saturated heterocycles. The molecule has 0 saturated carbocycles. The van der Waals surface area contributed by atoms with Gasteiger partial charge in [0.15, 0.2) is 17.0 Å². The van der Waals surface area contributed by atoms with E-state index in [-0.39, 0.29) is 5.56 Å². The Bertz CT molecular complexity index is 765. The number of hydrogen-bond acceptors (Lipinski definition) is 4. The third kappa shape index (κ3) is 1.36. The van der Waals surface area contributed by atoms with Crippen LogP contribution in [-0.4, -0.2) is 29.1 Å². The first-order chi connectivity index (χ1) is 8.76. The molecule has 0 aliphatic carbocycles. The molecule has 0 atom stereocenters. The van der Waals surface area contributed by atoms with E-state index >= 15 is 0 Å². The van der Waals surface area contributed by atoms with E-state index in [0.717, 1.165) is 18.7 Å². The Balaban J connectivity index is 2.50. The highest BCUT2D eigenvalue weighted by molar-refractivity contribution is 5.71. The first-order valence-electron chi connectivity index (χ1n) is 6.07. The van der Waals surface area contributed by atoms with Crippen molar-refractivity contribution >= 4 is 16.9 Å². The fourth-order valence-corrected chi connectivity index (χ4v) is 2.07. The summed E-state index contributed by atoms with van der Waals surface area (Å²) >= 11 is 0. The lowest BCUT2D eigenvalue weighted by Crippen LogP contribution is -2.23. The monoisotopic (exact) mass is 246 g/mol. The molecule has 0 amide bonds. The zero-order chi connectivity index (χ0) is 12.7. The number of rotatable bonds is 3. The first-order valence-corrected chi connectivity index (χ1v) is 6.07. The molecule has 3 rings (SSSR count). The van der Waals surface area contributed by atoms with Crippen molar-refractivity contribution in [1.29, 1.82) is 0 Å². The minimum absolute atomic E-state index is 0.0908. The standard InChI is InChI=1S/C11H14N6O/c1-3-5-16-10(18)8-9(13-6-12-8)17-11(16)14-7(4-2)15-17/h6H,3-5H2,1-2H3,(H,12,13). The Morgan fingerprint density at radius 2 is 2.22 bits per heavy atom. The molecule has 0 aromatic carbocycles. The zero-order valence-corrected chi connectivity index (χ0v) is 10.3. The van der Waals surface area contributed by atoms with Crippen LogP contribution < -0.4 is 5.56 Å². The van der Waals surface area contributed by atoms with E-state index in [4.69, 9.17) is 0 Å². The Morgan fingerprint density at radius 3 is 2.94 bits per heavy atom. The summed E-state index contributed by atoms with van der Waals surface area (Å²) in [6, 6.07) is 0. The molecular formula is C11H14N6O. The van der Waals surface area contributed by atoms with Crippen LogP contribution in [-0.2, 0) is 13.0 Å². The van der Waals surface area contributed by atoms with Crippen LogP contribution in [0.1, 0.15) is 26.1 Å². The molecule has 0 aliphatic rings. The van der Waals surface area contributed by atoms with Crippen LogP contribution >= 0.6 is 0 Å². The molecule has 3 heterocycles. The molecule has 0 fully saturated rings. The second kappa shape index (κ2) is 3.94. The lowest BCUT2D eigenvalue weighted by Gasteiger charge is -2.04. The van der Waals surface area contributed by atoms with Crippen LogP contribution in [0.2, 0.25) is 0 Å². The van der Waals surface area contributed by atoms with E-state index in [1.165, 1.54) is 6.33 Å². The molecule has 94 valence electrons. The number of nitrogens with one attached hydrogen (secondary N) is 1. The highest BCUT2D eigenvalue weighted by Gasteiger charge is 2.15. The van der Waals surface area contributed by atoms with Gasteiger partial charge in [0.2, 0.25) is 5.78 Å². The molecule has 1 N–H and O–H groups in total. The van der Waals surface area contributed by atoms with Gasteiger partial charge >= 0.3 is 0 Å². The number of fused-ring (bicyclic) bond motifs is 3. The van der Waals surface area contributed by atoms with Gasteiger partial charge in [-0.3, -0.25) is 9.36 Å². The summed E-state index contributed by atoms with van der Waals surface area (Å²) in [5.41, 5.74) is 0.921. The molecule has 0 bridgehead atoms. The van der Waals surface area contributed by atoms with E-state index in [1.807, 2.05) is 13.8 Å². The second-order valence-electron chi connectivity index (χ2n) is 4.15. The SMILES string of the molecule is CCCn1c(=O)c2[nH]cnc2n2nc(CC)nc12. The average molecular weight is 246 g/mol. The maximum atomic E-state index is 12.3. The summed E-state index contributed by atoms with van der Waals surface area (Å²) in [5, 5.41) is 4.38. The molecule has 0 aliphatic heterocycles. The van der Waals surface area contributed by atoms with Gasteiger partial charge in [0.1, 0.15) is 0 Å². The summed E-state index contributed by atoms with van der Waals surface area (Å²) in [7, 11) is 0. The Hall–Kier alpha value is -2.18. The average Bonchev–Trinajstić information content (AvgIpc) is 2.99. The predicted octanol–water partition coefficient (Wildman–Crippen LogP) is 0.740. The van der Waals surface area contributed by atoms with Gasteiger partial charge in [0, 0.05) is 13.0 Å². The van der Waals surface area contributed by atoms with Crippen molar-refractivity contribution in [3.05, 3.63) is 22.5 Å². The Labute approximate surface area is 102 Å². The smallest absolute Gasteiger partial charge is 0.281 e. The number of aromatic amines is 1. The maximum absolute atomic E-state index is 12.3. The molecule has 3 aromatic heterocycles. The summed E-state index contributed by atoms with van der Waals surface area (Å²) in [6.45, 7) is 4.63. The number of H-pyrrole nitrogens is 1. The van der Waals surface area contributed by atoms with Gasteiger partial charge in [-0.25, -0.2) is 4.98 Å². The Morgan fingerprint density at radius 1 is 1.39 bits per heavy atom. The third-order valence-corrected chi connectivity index (χ3v) is 2.92. The molecule has 7 heteroatoms. The predicted molar refractivity (Wildman–Crippen MR) is 66.6 cm³/mol. The van der Waals surface area contributed by atoms with Crippen molar-refractivity contribution in [2.24, 2.45) is 0 Å². The lowest BCUT2D eigenvalue weighted by molar-refractivity contribution is 0.659. The number of aryl methyl sites for hydroxylation is 2. The van der Waals surface area contributed by atoms with Crippen LogP contribution in [0.5, 0.6) is 0 Å². The van der Waals surface area contributed by atoms with Crippen molar-refractivity contribution in [3.63, 3.8) is 0 Å². The highest BCUT2D eigenvalue weighted by Crippen LogP contribution is 2.09. The topological polar surface area (TPSA) is 80.9 Å². The second-order valence-corrected chi connectivity index (χ2v) is 4.15. The molecule has 0 unspecified atom stereocenters. The van der Waals surface area contributed by atoms with E-state index in [2.05, 4.69) is 20.1 Å². The molecular weight excluding hydrogens is 232 g/mol. The highest BCUT2D eigenvalue weighted by atomic mass is 16.1. The van der Waals surface area contributed by atoms with Crippen LogP contribution in [0.15, 0.2) is 11.1 Å². The fourth-order valence-electron chi connectivity index (χ4n) is 2.07. The normalized spacial score (nSPS) is 11.7. The van der Waals surface area contributed by atoms with Crippen LogP contribution in [0.3, 0.4) is 0 Å². The molecule has 0 spiro atoms. The molecule has 7 nitrogen and oxygen atoms in total. The molecule has 3 aromatic rings. The summed E-state index contributed by atoms with van der Waals surface area (Å²) in [4.78, 5) is 23.7. The van der Waals surface area contributed by atoms with Crippen molar-refractivity contribution < 1.29 is 0 Å². The molecule has 18 heavy (non-hydrogen) atoms. The minimum Gasteiger partial charge on any atom is -0.339 e. The van der Waals surface area contributed by atoms with Gasteiger partial charge in [-0.1, -0.05) is 13.8 Å². The van der Waals surface area contributed by atoms with E-state index < -0.39 is 0 Å². The Kier molecular flexibility index (Phi) is 2.39. The fraction of sp³-hybridized carbons (Fsp3) is 0.455. The van der Waals surface area contributed by atoms with Crippen molar-refractivity contribution in [3.8, 4) is 0 Å². The van der Waals surface area contributed by atoms with Gasteiger partial charge in [-0.15, -0.1) is 5.10 Å².